The minimum atomic E-state index is -1.07. The molecule has 0 fully saturated rings. The summed E-state index contributed by atoms with van der Waals surface area (Å²) < 4.78 is 5.32. The molecule has 0 amide bonds. The number of aromatic nitrogens is 1. The summed E-state index contributed by atoms with van der Waals surface area (Å²) in [6.45, 7) is -0.144. The highest BCUT2D eigenvalue weighted by molar-refractivity contribution is 5.85. The summed E-state index contributed by atoms with van der Waals surface area (Å²) in [5.74, 6) is -0.858. The lowest BCUT2D eigenvalue weighted by Crippen LogP contribution is -1.85. The second-order valence-electron chi connectivity index (χ2n) is 3.15. The molecule has 2 rings (SSSR count). The second kappa shape index (κ2) is 4.16. The molecule has 0 aliphatic carbocycles. The van der Waals surface area contributed by atoms with E-state index in [1.54, 1.807) is 18.2 Å². The smallest absolute Gasteiger partial charge is 0.328 e. The number of carboxylic acid groups (broad SMARTS) is 1. The first kappa shape index (κ1) is 10.4. The van der Waals surface area contributed by atoms with Gasteiger partial charge in [0.2, 0.25) is 5.89 Å². The van der Waals surface area contributed by atoms with Gasteiger partial charge in [0.05, 0.1) is 6.61 Å². The van der Waals surface area contributed by atoms with Crippen molar-refractivity contribution >= 4 is 23.1 Å². The molecule has 5 nitrogen and oxygen atoms in total. The maximum Gasteiger partial charge on any atom is 0.328 e. The number of nitrogens with zero attached hydrogens (tertiary/aromatic N) is 1. The largest absolute Gasteiger partial charge is 0.478 e. The lowest BCUT2D eigenvalue weighted by molar-refractivity contribution is -0.131. The Kier molecular flexibility index (Phi) is 2.70. The molecular weight excluding hydrogens is 210 g/mol. The summed E-state index contributed by atoms with van der Waals surface area (Å²) in [6, 6.07) is 5.20. The SMILES string of the molecule is O=C(O)/C=C/c1nc2cccc(CO)c2o1. The Labute approximate surface area is 90.6 Å². The highest BCUT2D eigenvalue weighted by atomic mass is 16.4. The summed E-state index contributed by atoms with van der Waals surface area (Å²) in [7, 11) is 0. The van der Waals surface area contributed by atoms with Gasteiger partial charge in [-0.3, -0.25) is 0 Å². The highest BCUT2D eigenvalue weighted by Crippen LogP contribution is 2.20. The molecule has 0 saturated heterocycles. The van der Waals surface area contributed by atoms with Gasteiger partial charge in [-0.15, -0.1) is 0 Å². The predicted molar refractivity (Wildman–Crippen MR) is 56.6 cm³/mol. The maximum atomic E-state index is 10.3. The number of aliphatic hydroxyl groups is 1. The summed E-state index contributed by atoms with van der Waals surface area (Å²) in [4.78, 5) is 14.4. The number of aliphatic hydroxyl groups excluding tert-OH is 1. The standard InChI is InChI=1S/C11H9NO4/c13-6-7-2-1-3-8-11(7)16-9(12-8)4-5-10(14)15/h1-5,13H,6H2,(H,14,15)/b5-4+. The van der Waals surface area contributed by atoms with Gasteiger partial charge in [0.1, 0.15) is 5.52 Å². The van der Waals surface area contributed by atoms with Crippen LogP contribution in [0.4, 0.5) is 0 Å². The third-order valence-electron chi connectivity index (χ3n) is 2.05. The van der Waals surface area contributed by atoms with Crippen molar-refractivity contribution in [2.24, 2.45) is 0 Å². The zero-order valence-electron chi connectivity index (χ0n) is 8.25. The van der Waals surface area contributed by atoms with Crippen LogP contribution in [0.25, 0.3) is 17.2 Å². The lowest BCUT2D eigenvalue weighted by Gasteiger charge is -1.93. The number of carboxylic acids is 1. The van der Waals surface area contributed by atoms with E-state index in [4.69, 9.17) is 14.6 Å². The van der Waals surface area contributed by atoms with Crippen LogP contribution in [0.1, 0.15) is 11.5 Å². The van der Waals surface area contributed by atoms with E-state index < -0.39 is 5.97 Å². The van der Waals surface area contributed by atoms with E-state index in [9.17, 15) is 4.79 Å². The molecule has 82 valence electrons. The van der Waals surface area contributed by atoms with E-state index in [-0.39, 0.29) is 12.5 Å². The fourth-order valence-electron chi connectivity index (χ4n) is 1.36. The second-order valence-corrected chi connectivity index (χ2v) is 3.15. The van der Waals surface area contributed by atoms with Crippen LogP contribution in [0, 0.1) is 0 Å². The fraction of sp³-hybridized carbons (Fsp3) is 0.0909. The van der Waals surface area contributed by atoms with E-state index in [1.165, 1.54) is 6.08 Å². The average Bonchev–Trinajstić information content (AvgIpc) is 2.68. The van der Waals surface area contributed by atoms with Gasteiger partial charge >= 0.3 is 5.97 Å². The molecule has 1 aromatic carbocycles. The van der Waals surface area contributed by atoms with Crippen LogP contribution in [-0.2, 0) is 11.4 Å². The van der Waals surface area contributed by atoms with Crippen molar-refractivity contribution in [3.8, 4) is 0 Å². The number of aliphatic carboxylic acids is 1. The lowest BCUT2D eigenvalue weighted by atomic mass is 10.2. The van der Waals surface area contributed by atoms with Crippen LogP contribution in [0.15, 0.2) is 28.7 Å². The van der Waals surface area contributed by atoms with Crippen molar-refractivity contribution in [3.63, 3.8) is 0 Å². The van der Waals surface area contributed by atoms with Gasteiger partial charge in [-0.05, 0) is 6.07 Å². The van der Waals surface area contributed by atoms with Crippen LogP contribution < -0.4 is 0 Å². The van der Waals surface area contributed by atoms with E-state index in [0.29, 0.717) is 16.7 Å². The van der Waals surface area contributed by atoms with Crippen molar-refractivity contribution in [1.29, 1.82) is 0 Å². The van der Waals surface area contributed by atoms with Crippen LogP contribution in [0.2, 0.25) is 0 Å². The zero-order valence-corrected chi connectivity index (χ0v) is 8.25. The first-order valence-electron chi connectivity index (χ1n) is 4.61. The highest BCUT2D eigenvalue weighted by Gasteiger charge is 2.07. The number of rotatable bonds is 3. The Balaban J connectivity index is 2.47. The summed E-state index contributed by atoms with van der Waals surface area (Å²) in [5.41, 5.74) is 1.70. The molecule has 1 heterocycles. The summed E-state index contributed by atoms with van der Waals surface area (Å²) in [6.07, 6.45) is 2.22. The molecule has 0 aliphatic heterocycles. The minimum absolute atomic E-state index is 0.144. The first-order chi connectivity index (χ1) is 7.70. The normalized spacial score (nSPS) is 11.3. The molecule has 5 heteroatoms. The van der Waals surface area contributed by atoms with Crippen molar-refractivity contribution < 1.29 is 19.4 Å². The van der Waals surface area contributed by atoms with Crippen LogP contribution in [0.3, 0.4) is 0 Å². The number of fused-ring (bicyclic) bond motifs is 1. The van der Waals surface area contributed by atoms with Crippen LogP contribution in [-0.4, -0.2) is 21.2 Å². The van der Waals surface area contributed by atoms with Crippen molar-refractivity contribution in [2.75, 3.05) is 0 Å². The molecule has 1 aromatic heterocycles. The number of carbonyl (C=O) groups is 1. The monoisotopic (exact) mass is 219 g/mol. The van der Waals surface area contributed by atoms with Crippen molar-refractivity contribution in [2.45, 2.75) is 6.61 Å². The Morgan fingerprint density at radius 2 is 2.31 bits per heavy atom. The van der Waals surface area contributed by atoms with Gasteiger partial charge < -0.3 is 14.6 Å². The molecule has 0 unspecified atom stereocenters. The molecule has 0 saturated carbocycles. The van der Waals surface area contributed by atoms with Crippen LogP contribution in [0.5, 0.6) is 0 Å². The molecule has 0 bridgehead atoms. The van der Waals surface area contributed by atoms with Crippen LogP contribution >= 0.6 is 0 Å². The van der Waals surface area contributed by atoms with E-state index >= 15 is 0 Å². The molecule has 2 aromatic rings. The maximum absolute atomic E-state index is 10.3. The Morgan fingerprint density at radius 3 is 3.00 bits per heavy atom. The molecule has 0 radical (unpaired) electrons. The third kappa shape index (κ3) is 1.94. The summed E-state index contributed by atoms with van der Waals surface area (Å²) >= 11 is 0. The summed E-state index contributed by atoms with van der Waals surface area (Å²) in [5, 5.41) is 17.5. The molecule has 0 aliphatic rings. The number of benzene rings is 1. The molecule has 0 atom stereocenters. The van der Waals surface area contributed by atoms with Gasteiger partial charge in [-0.2, -0.15) is 0 Å². The van der Waals surface area contributed by atoms with Gasteiger partial charge in [-0.25, -0.2) is 9.78 Å². The number of oxazole rings is 1. The van der Waals surface area contributed by atoms with Gasteiger partial charge in [0.15, 0.2) is 5.58 Å². The quantitative estimate of drug-likeness (QED) is 0.762. The zero-order chi connectivity index (χ0) is 11.5. The van der Waals surface area contributed by atoms with Crippen molar-refractivity contribution in [1.82, 2.24) is 4.98 Å². The van der Waals surface area contributed by atoms with E-state index in [0.717, 1.165) is 6.08 Å². The minimum Gasteiger partial charge on any atom is -0.478 e. The predicted octanol–water partition coefficient (Wildman–Crippen LogP) is 1.42. The number of para-hydroxylation sites is 1. The first-order valence-corrected chi connectivity index (χ1v) is 4.61. The molecule has 16 heavy (non-hydrogen) atoms. The van der Waals surface area contributed by atoms with Gasteiger partial charge in [0, 0.05) is 17.7 Å². The topological polar surface area (TPSA) is 83.6 Å². The molecular formula is C11H9NO4. The number of hydrogen-bond acceptors (Lipinski definition) is 4. The Morgan fingerprint density at radius 1 is 1.50 bits per heavy atom. The third-order valence-corrected chi connectivity index (χ3v) is 2.05. The fourth-order valence-corrected chi connectivity index (χ4v) is 1.36. The van der Waals surface area contributed by atoms with Gasteiger partial charge in [-0.1, -0.05) is 12.1 Å². The van der Waals surface area contributed by atoms with Crippen molar-refractivity contribution in [3.05, 3.63) is 35.7 Å². The molecule has 0 spiro atoms. The molecule has 2 N–H and O–H groups in total. The van der Waals surface area contributed by atoms with E-state index in [2.05, 4.69) is 4.98 Å². The van der Waals surface area contributed by atoms with Gasteiger partial charge in [0.25, 0.3) is 0 Å². The Bertz CT molecular complexity index is 556. The Hall–Kier alpha value is -2.14. The average molecular weight is 219 g/mol. The van der Waals surface area contributed by atoms with E-state index in [1.807, 2.05) is 0 Å². The number of hydrogen-bond donors (Lipinski definition) is 2.